The Labute approximate surface area is 224 Å². The average Bonchev–Trinajstić information content (AvgIpc) is 3.29. The molecule has 2 saturated heterocycles. The van der Waals surface area contributed by atoms with Crippen LogP contribution in [0.5, 0.6) is 0 Å². The molecule has 0 radical (unpaired) electrons. The second kappa shape index (κ2) is 9.72. The maximum atomic E-state index is 14.7. The summed E-state index contributed by atoms with van der Waals surface area (Å²) >= 11 is 0. The smallest absolute Gasteiger partial charge is 0.254 e. The Balaban J connectivity index is 1.22. The number of epoxide rings is 1. The molecule has 6 heterocycles. The SMILES string of the molecule is CN1CC[C@@H](Nc2cccn3c([C@H]4CO4)c(-c4noc(CNC(=O)c5cnn(C(C)(C)C)c5)n4)nc23)[C@@H](F)C1. The summed E-state index contributed by atoms with van der Waals surface area (Å²) in [5, 5.41) is 14.6. The van der Waals surface area contributed by atoms with E-state index in [0.717, 1.165) is 17.9 Å². The second-order valence-electron chi connectivity index (χ2n) is 11.1. The Hall–Kier alpha value is -3.84. The molecule has 0 unspecified atom stereocenters. The van der Waals surface area contributed by atoms with Crippen molar-refractivity contribution in [2.24, 2.45) is 0 Å². The van der Waals surface area contributed by atoms with Crippen molar-refractivity contribution in [3.63, 3.8) is 0 Å². The standard InChI is InChI=1S/C26H32FN9O3/c1-26(2,3)36-12-15(10-29-36)25(37)28-11-20-31-23(33-39-20)21-22(19-14-38-19)35-8-5-6-18(24(35)32-21)30-17-7-9-34(4)13-16(17)27/h5-6,8,10,12,16-17,19,30H,7,9,11,13-14H2,1-4H3,(H,28,37)/t16-,17+,19+/m0/s1. The molecule has 12 nitrogen and oxygen atoms in total. The molecule has 39 heavy (non-hydrogen) atoms. The Bertz CT molecular complexity index is 1500. The molecule has 3 atom stereocenters. The number of imidazole rings is 1. The number of hydrogen-bond acceptors (Lipinski definition) is 9. The van der Waals surface area contributed by atoms with Crippen LogP contribution in [0.15, 0.2) is 35.2 Å². The molecule has 0 bridgehead atoms. The number of nitrogens with zero attached hydrogens (tertiary/aromatic N) is 7. The van der Waals surface area contributed by atoms with Crippen molar-refractivity contribution >= 4 is 17.2 Å². The monoisotopic (exact) mass is 537 g/mol. The molecule has 6 rings (SSSR count). The van der Waals surface area contributed by atoms with Crippen molar-refractivity contribution in [1.29, 1.82) is 0 Å². The summed E-state index contributed by atoms with van der Waals surface area (Å²) in [5.41, 5.74) is 2.92. The van der Waals surface area contributed by atoms with Gasteiger partial charge in [-0.05, 0) is 46.4 Å². The Morgan fingerprint density at radius 3 is 2.82 bits per heavy atom. The lowest BCUT2D eigenvalue weighted by atomic mass is 10.0. The van der Waals surface area contributed by atoms with Gasteiger partial charge in [0.05, 0.1) is 47.9 Å². The van der Waals surface area contributed by atoms with Crippen LogP contribution in [0.4, 0.5) is 10.1 Å². The summed E-state index contributed by atoms with van der Waals surface area (Å²) in [5.74, 6) is 0.245. The van der Waals surface area contributed by atoms with Crippen LogP contribution in [0, 0.1) is 0 Å². The van der Waals surface area contributed by atoms with Crippen LogP contribution in [-0.2, 0) is 16.8 Å². The van der Waals surface area contributed by atoms with E-state index in [1.807, 2.05) is 55.4 Å². The fraction of sp³-hybridized carbons (Fsp3) is 0.500. The van der Waals surface area contributed by atoms with E-state index in [9.17, 15) is 9.18 Å². The van der Waals surface area contributed by atoms with E-state index in [1.165, 1.54) is 6.20 Å². The number of carbonyl (C=O) groups excluding carboxylic acids is 1. The first kappa shape index (κ1) is 25.4. The molecule has 0 aromatic carbocycles. The van der Waals surface area contributed by atoms with Gasteiger partial charge < -0.3 is 24.8 Å². The summed E-state index contributed by atoms with van der Waals surface area (Å²) in [6.07, 6.45) is 4.69. The van der Waals surface area contributed by atoms with Gasteiger partial charge in [-0.1, -0.05) is 5.16 Å². The third-order valence-electron chi connectivity index (χ3n) is 7.02. The number of pyridine rings is 1. The van der Waals surface area contributed by atoms with Gasteiger partial charge in [0.2, 0.25) is 11.7 Å². The van der Waals surface area contributed by atoms with Gasteiger partial charge in [0, 0.05) is 25.5 Å². The predicted molar refractivity (Wildman–Crippen MR) is 140 cm³/mol. The van der Waals surface area contributed by atoms with Crippen LogP contribution < -0.4 is 10.6 Å². The summed E-state index contributed by atoms with van der Waals surface area (Å²) in [6.45, 7) is 7.85. The average molecular weight is 538 g/mol. The molecule has 0 spiro atoms. The lowest BCUT2D eigenvalue weighted by Gasteiger charge is -2.33. The first-order valence-electron chi connectivity index (χ1n) is 13.1. The fourth-order valence-corrected chi connectivity index (χ4v) is 4.78. The number of piperidine rings is 1. The topological polar surface area (TPSA) is 131 Å². The Morgan fingerprint density at radius 1 is 1.28 bits per heavy atom. The van der Waals surface area contributed by atoms with Crippen LogP contribution in [0.1, 0.15) is 55.2 Å². The minimum absolute atomic E-state index is 0.0516. The molecule has 2 aliphatic heterocycles. The number of hydrogen-bond donors (Lipinski definition) is 2. The molecule has 2 N–H and O–H groups in total. The van der Waals surface area contributed by atoms with Crippen molar-refractivity contribution < 1.29 is 18.4 Å². The predicted octanol–water partition coefficient (Wildman–Crippen LogP) is 2.79. The fourth-order valence-electron chi connectivity index (χ4n) is 4.78. The minimum atomic E-state index is -0.984. The van der Waals surface area contributed by atoms with Gasteiger partial charge in [0.15, 0.2) is 5.65 Å². The lowest BCUT2D eigenvalue weighted by molar-refractivity contribution is 0.0946. The number of ether oxygens (including phenoxy) is 1. The largest absolute Gasteiger partial charge is 0.376 e. The van der Waals surface area contributed by atoms with E-state index in [4.69, 9.17) is 14.2 Å². The molecule has 0 aliphatic carbocycles. The van der Waals surface area contributed by atoms with E-state index in [0.29, 0.717) is 42.3 Å². The zero-order valence-electron chi connectivity index (χ0n) is 22.4. The second-order valence-corrected chi connectivity index (χ2v) is 11.1. The molecule has 0 saturated carbocycles. The Kier molecular flexibility index (Phi) is 6.34. The highest BCUT2D eigenvalue weighted by Crippen LogP contribution is 2.38. The number of fused-ring (bicyclic) bond motifs is 1. The highest BCUT2D eigenvalue weighted by molar-refractivity contribution is 5.93. The van der Waals surface area contributed by atoms with Crippen molar-refractivity contribution in [3.8, 4) is 11.5 Å². The molecule has 4 aromatic heterocycles. The van der Waals surface area contributed by atoms with E-state index >= 15 is 0 Å². The number of halogens is 1. The number of aromatic nitrogens is 6. The van der Waals surface area contributed by atoms with E-state index in [2.05, 4.69) is 25.9 Å². The van der Waals surface area contributed by atoms with Gasteiger partial charge in [-0.3, -0.25) is 13.9 Å². The summed E-state index contributed by atoms with van der Waals surface area (Å²) < 4.78 is 29.5. The van der Waals surface area contributed by atoms with Gasteiger partial charge in [-0.25, -0.2) is 9.37 Å². The van der Waals surface area contributed by atoms with Gasteiger partial charge in [0.25, 0.3) is 5.91 Å². The number of carbonyl (C=O) groups is 1. The molecular formula is C26H32FN9O3. The van der Waals surface area contributed by atoms with Gasteiger partial charge in [-0.2, -0.15) is 10.1 Å². The lowest BCUT2D eigenvalue weighted by Crippen LogP contribution is -2.46. The number of alkyl halides is 1. The van der Waals surface area contributed by atoms with Crippen LogP contribution in [-0.4, -0.2) is 79.1 Å². The van der Waals surface area contributed by atoms with Crippen LogP contribution >= 0.6 is 0 Å². The van der Waals surface area contributed by atoms with Crippen molar-refractivity contribution in [2.45, 2.75) is 57.6 Å². The van der Waals surface area contributed by atoms with Crippen LogP contribution in [0.25, 0.3) is 17.2 Å². The maximum absolute atomic E-state index is 14.7. The molecular weight excluding hydrogens is 505 g/mol. The summed E-state index contributed by atoms with van der Waals surface area (Å²) in [6, 6.07) is 3.49. The third kappa shape index (κ3) is 5.11. The first-order chi connectivity index (χ1) is 18.7. The molecule has 206 valence electrons. The van der Waals surface area contributed by atoms with Crippen molar-refractivity contribution in [3.05, 3.63) is 47.9 Å². The van der Waals surface area contributed by atoms with Gasteiger partial charge >= 0.3 is 0 Å². The van der Waals surface area contributed by atoms with Gasteiger partial charge in [-0.15, -0.1) is 0 Å². The van der Waals surface area contributed by atoms with Crippen LogP contribution in [0.2, 0.25) is 0 Å². The number of amides is 1. The molecule has 2 aliphatic rings. The van der Waals surface area contributed by atoms with E-state index in [-0.39, 0.29) is 36.0 Å². The third-order valence-corrected chi connectivity index (χ3v) is 7.02. The quantitative estimate of drug-likeness (QED) is 0.342. The molecule has 13 heteroatoms. The summed E-state index contributed by atoms with van der Waals surface area (Å²) in [4.78, 5) is 23.9. The Morgan fingerprint density at radius 2 is 2.10 bits per heavy atom. The first-order valence-corrected chi connectivity index (χ1v) is 13.1. The van der Waals surface area contributed by atoms with Crippen molar-refractivity contribution in [2.75, 3.05) is 32.1 Å². The molecule has 2 fully saturated rings. The van der Waals surface area contributed by atoms with E-state index < -0.39 is 6.17 Å². The highest BCUT2D eigenvalue weighted by atomic mass is 19.1. The molecule has 1 amide bonds. The minimum Gasteiger partial charge on any atom is -0.376 e. The number of anilines is 1. The van der Waals surface area contributed by atoms with E-state index in [1.54, 1.807) is 10.9 Å². The number of rotatable bonds is 7. The highest BCUT2D eigenvalue weighted by Gasteiger charge is 2.35. The number of nitrogens with one attached hydrogen (secondary N) is 2. The normalized spacial score (nSPS) is 21.8. The molecule has 4 aromatic rings. The summed E-state index contributed by atoms with van der Waals surface area (Å²) in [7, 11) is 1.93. The van der Waals surface area contributed by atoms with Gasteiger partial charge in [0.1, 0.15) is 18.0 Å². The maximum Gasteiger partial charge on any atom is 0.254 e. The van der Waals surface area contributed by atoms with Crippen LogP contribution in [0.3, 0.4) is 0 Å². The zero-order valence-corrected chi connectivity index (χ0v) is 22.4. The zero-order chi connectivity index (χ0) is 27.3. The van der Waals surface area contributed by atoms with Crippen molar-refractivity contribution in [1.82, 2.24) is 39.5 Å². The number of likely N-dealkylation sites (tertiary alicyclic amines) is 1.